The lowest BCUT2D eigenvalue weighted by Gasteiger charge is -2.11. The maximum absolute atomic E-state index is 13.7. The Labute approximate surface area is 102 Å². The maximum atomic E-state index is 13.7. The topological polar surface area (TPSA) is 69.0 Å². The van der Waals surface area contributed by atoms with E-state index in [1.807, 2.05) is 0 Å². The first-order valence-electron chi connectivity index (χ1n) is 5.26. The molecule has 0 amide bonds. The quantitative estimate of drug-likeness (QED) is 0.567. The van der Waals surface area contributed by atoms with Crippen LogP contribution in [-0.4, -0.2) is 48.3 Å². The molecule has 0 unspecified atom stereocenters. The highest BCUT2D eigenvalue weighted by molar-refractivity contribution is 5.58. The van der Waals surface area contributed by atoms with Crippen LogP contribution in [0.5, 0.6) is 0 Å². The van der Waals surface area contributed by atoms with E-state index in [0.717, 1.165) is 10.8 Å². The van der Waals surface area contributed by atoms with Gasteiger partial charge in [0.1, 0.15) is 6.79 Å². The van der Waals surface area contributed by atoms with Gasteiger partial charge in [0, 0.05) is 14.1 Å². The summed E-state index contributed by atoms with van der Waals surface area (Å²) in [5.41, 5.74) is -0.627. The van der Waals surface area contributed by atoms with Gasteiger partial charge in [0.2, 0.25) is 0 Å². The Hall–Kier alpha value is -1.80. The number of nitrogens with zero attached hydrogens (tertiary/aromatic N) is 4. The van der Waals surface area contributed by atoms with Crippen LogP contribution in [0.3, 0.4) is 0 Å². The fourth-order valence-corrected chi connectivity index (χ4v) is 1.39. The van der Waals surface area contributed by atoms with Crippen molar-refractivity contribution in [3.8, 4) is 0 Å². The molecule has 2 heterocycles. The van der Waals surface area contributed by atoms with Gasteiger partial charge in [-0.3, -0.25) is 4.57 Å². The largest absolute Gasteiger partial charge is 0.369 e. The first kappa shape index (κ1) is 12.7. The number of aromatic nitrogens is 2. The normalized spacial score (nSPS) is 19.6. The van der Waals surface area contributed by atoms with E-state index in [1.165, 1.54) is 6.34 Å². The average Bonchev–Trinajstić information content (AvgIpc) is 2.83. The molecule has 0 radical (unpaired) electrons. The number of hydrogen-bond donors (Lipinski definition) is 0. The molecule has 7 nitrogen and oxygen atoms in total. The third kappa shape index (κ3) is 2.71. The number of halogens is 1. The highest BCUT2D eigenvalue weighted by Crippen LogP contribution is 2.16. The van der Waals surface area contributed by atoms with Crippen molar-refractivity contribution in [2.75, 3.05) is 27.5 Å². The van der Waals surface area contributed by atoms with Crippen LogP contribution in [0.15, 0.2) is 16.0 Å². The molecule has 0 N–H and O–H groups in total. The van der Waals surface area contributed by atoms with Gasteiger partial charge in [-0.15, -0.1) is 0 Å². The molecule has 1 aromatic rings. The SMILES string of the molecule is CN(C)C=Nc1nc(=O)n([C@@H]2COCO2)cc1F. The molecule has 0 aliphatic carbocycles. The fourth-order valence-electron chi connectivity index (χ4n) is 1.39. The molecule has 1 atom stereocenters. The van der Waals surface area contributed by atoms with Crippen LogP contribution >= 0.6 is 0 Å². The third-order valence-corrected chi connectivity index (χ3v) is 2.21. The van der Waals surface area contributed by atoms with Gasteiger partial charge >= 0.3 is 5.69 Å². The van der Waals surface area contributed by atoms with Gasteiger partial charge in [-0.2, -0.15) is 4.98 Å². The van der Waals surface area contributed by atoms with E-state index in [9.17, 15) is 9.18 Å². The molecular weight excluding hydrogens is 243 g/mol. The number of ether oxygens (including phenoxy) is 2. The van der Waals surface area contributed by atoms with Crippen LogP contribution in [0, 0.1) is 5.82 Å². The number of aliphatic imine (C=N–C) groups is 1. The predicted octanol–water partition coefficient (Wildman–Crippen LogP) is 0.107. The van der Waals surface area contributed by atoms with E-state index in [1.54, 1.807) is 19.0 Å². The molecule has 1 aromatic heterocycles. The summed E-state index contributed by atoms with van der Waals surface area (Å²) in [4.78, 5) is 20.6. The van der Waals surface area contributed by atoms with Crippen molar-refractivity contribution in [3.05, 3.63) is 22.5 Å². The van der Waals surface area contributed by atoms with Crippen molar-refractivity contribution < 1.29 is 13.9 Å². The minimum atomic E-state index is -0.691. The molecule has 1 aliphatic rings. The summed E-state index contributed by atoms with van der Waals surface area (Å²) in [6.45, 7) is 0.278. The van der Waals surface area contributed by atoms with Gasteiger partial charge in [-0.25, -0.2) is 14.2 Å². The smallest absolute Gasteiger partial charge is 0.351 e. The van der Waals surface area contributed by atoms with E-state index in [2.05, 4.69) is 9.98 Å². The van der Waals surface area contributed by atoms with Crippen molar-refractivity contribution in [1.29, 1.82) is 0 Å². The van der Waals surface area contributed by atoms with Gasteiger partial charge in [-0.1, -0.05) is 0 Å². The van der Waals surface area contributed by atoms with Gasteiger partial charge in [0.25, 0.3) is 0 Å². The van der Waals surface area contributed by atoms with E-state index >= 15 is 0 Å². The van der Waals surface area contributed by atoms with Crippen LogP contribution in [0.1, 0.15) is 6.23 Å². The summed E-state index contributed by atoms with van der Waals surface area (Å²) in [5.74, 6) is -0.938. The summed E-state index contributed by atoms with van der Waals surface area (Å²) >= 11 is 0. The van der Waals surface area contributed by atoms with E-state index in [4.69, 9.17) is 9.47 Å². The third-order valence-electron chi connectivity index (χ3n) is 2.21. The Balaban J connectivity index is 2.31. The molecule has 8 heteroatoms. The number of rotatable bonds is 3. The second-order valence-electron chi connectivity index (χ2n) is 3.92. The second kappa shape index (κ2) is 5.23. The predicted molar refractivity (Wildman–Crippen MR) is 61.2 cm³/mol. The van der Waals surface area contributed by atoms with Gasteiger partial charge in [-0.05, 0) is 0 Å². The molecule has 0 spiro atoms. The lowest BCUT2D eigenvalue weighted by molar-refractivity contribution is 0.0212. The molecule has 1 fully saturated rings. The Morgan fingerprint density at radius 2 is 2.44 bits per heavy atom. The second-order valence-corrected chi connectivity index (χ2v) is 3.92. The summed E-state index contributed by atoms with van der Waals surface area (Å²) in [6, 6.07) is 0. The molecule has 1 aliphatic heterocycles. The van der Waals surface area contributed by atoms with E-state index < -0.39 is 17.7 Å². The van der Waals surface area contributed by atoms with Crippen molar-refractivity contribution in [3.63, 3.8) is 0 Å². The lowest BCUT2D eigenvalue weighted by Crippen LogP contribution is -2.28. The van der Waals surface area contributed by atoms with Crippen molar-refractivity contribution in [2.45, 2.75) is 6.23 Å². The zero-order valence-corrected chi connectivity index (χ0v) is 10.0. The van der Waals surface area contributed by atoms with E-state index in [-0.39, 0.29) is 19.2 Å². The Bertz CT molecular complexity index is 508. The summed E-state index contributed by atoms with van der Waals surface area (Å²) in [5, 5.41) is 0. The molecular formula is C10H13FN4O3. The first-order valence-corrected chi connectivity index (χ1v) is 5.26. The highest BCUT2D eigenvalue weighted by Gasteiger charge is 2.21. The van der Waals surface area contributed by atoms with Crippen LogP contribution < -0.4 is 5.69 Å². The van der Waals surface area contributed by atoms with E-state index in [0.29, 0.717) is 0 Å². The maximum Gasteiger partial charge on any atom is 0.351 e. The van der Waals surface area contributed by atoms with Crippen LogP contribution in [0.4, 0.5) is 10.2 Å². The molecule has 0 aromatic carbocycles. The summed E-state index contributed by atoms with van der Waals surface area (Å²) < 4.78 is 24.8. The summed E-state index contributed by atoms with van der Waals surface area (Å²) in [6.07, 6.45) is 1.76. The minimum absolute atomic E-state index is 0.0826. The lowest BCUT2D eigenvalue weighted by atomic mass is 10.5. The van der Waals surface area contributed by atoms with Crippen molar-refractivity contribution >= 4 is 12.2 Å². The molecule has 98 valence electrons. The monoisotopic (exact) mass is 256 g/mol. The van der Waals surface area contributed by atoms with Crippen molar-refractivity contribution in [2.24, 2.45) is 4.99 Å². The first-order chi connectivity index (χ1) is 8.58. The Morgan fingerprint density at radius 3 is 3.06 bits per heavy atom. The van der Waals surface area contributed by atoms with Gasteiger partial charge < -0.3 is 14.4 Å². The highest BCUT2D eigenvalue weighted by atomic mass is 19.1. The Morgan fingerprint density at radius 1 is 1.67 bits per heavy atom. The standard InChI is InChI=1S/C10H13FN4O3/c1-14(2)5-12-9-7(11)3-15(10(16)13-9)8-4-17-6-18-8/h3,5,8H,4,6H2,1-2H3/t8-/m0/s1. The Kier molecular flexibility index (Phi) is 3.68. The van der Waals surface area contributed by atoms with Crippen LogP contribution in [0.2, 0.25) is 0 Å². The summed E-state index contributed by atoms with van der Waals surface area (Å²) in [7, 11) is 3.46. The van der Waals surface area contributed by atoms with Gasteiger partial charge in [0.05, 0.1) is 19.1 Å². The molecule has 0 saturated carbocycles. The van der Waals surface area contributed by atoms with Gasteiger partial charge in [0.15, 0.2) is 17.9 Å². The molecule has 0 bridgehead atoms. The fraction of sp³-hybridized carbons (Fsp3) is 0.500. The molecule has 1 saturated heterocycles. The minimum Gasteiger partial charge on any atom is -0.369 e. The zero-order chi connectivity index (χ0) is 13.1. The molecule has 2 rings (SSSR count). The van der Waals surface area contributed by atoms with Crippen LogP contribution in [0.25, 0.3) is 0 Å². The zero-order valence-electron chi connectivity index (χ0n) is 10.0. The van der Waals surface area contributed by atoms with Crippen molar-refractivity contribution in [1.82, 2.24) is 14.5 Å². The number of hydrogen-bond acceptors (Lipinski definition) is 5. The average molecular weight is 256 g/mol. The molecule has 18 heavy (non-hydrogen) atoms. The van der Waals surface area contributed by atoms with Crippen LogP contribution in [-0.2, 0) is 9.47 Å².